The Balaban J connectivity index is 1.69. The van der Waals surface area contributed by atoms with Gasteiger partial charge in [0.1, 0.15) is 5.82 Å². The van der Waals surface area contributed by atoms with E-state index in [9.17, 15) is 13.2 Å². The third-order valence-corrected chi connectivity index (χ3v) is 5.43. The summed E-state index contributed by atoms with van der Waals surface area (Å²) < 4.78 is 41.2. The number of halogens is 3. The molecule has 0 saturated carbocycles. The van der Waals surface area contributed by atoms with Crippen LogP contribution < -0.4 is 0 Å². The minimum absolute atomic E-state index is 0.255. The van der Waals surface area contributed by atoms with E-state index in [1.807, 2.05) is 12.1 Å². The zero-order valence-corrected chi connectivity index (χ0v) is 17.0. The molecule has 0 bridgehead atoms. The Hall–Kier alpha value is -2.55. The van der Waals surface area contributed by atoms with Gasteiger partial charge < -0.3 is 0 Å². The third-order valence-electron chi connectivity index (χ3n) is 5.43. The molecule has 0 saturated heterocycles. The van der Waals surface area contributed by atoms with E-state index in [0.29, 0.717) is 5.56 Å². The highest BCUT2D eigenvalue weighted by Crippen LogP contribution is 2.29. The van der Waals surface area contributed by atoms with Crippen molar-refractivity contribution in [3.63, 3.8) is 0 Å². The van der Waals surface area contributed by atoms with Crippen LogP contribution in [0, 0.1) is 23.4 Å². The molecule has 0 aliphatic heterocycles. The first-order chi connectivity index (χ1) is 14.0. The van der Waals surface area contributed by atoms with Crippen LogP contribution in [-0.2, 0) is 6.42 Å². The Bertz CT molecular complexity index is 945. The van der Waals surface area contributed by atoms with Crippen LogP contribution in [0.25, 0.3) is 22.3 Å². The summed E-state index contributed by atoms with van der Waals surface area (Å²) in [6.45, 7) is 4.54. The van der Waals surface area contributed by atoms with Crippen molar-refractivity contribution in [3.8, 4) is 22.3 Å². The highest BCUT2D eigenvalue weighted by molar-refractivity contribution is 5.71. The van der Waals surface area contributed by atoms with Gasteiger partial charge in [-0.05, 0) is 59.2 Å². The molecule has 0 aromatic heterocycles. The molecule has 3 aromatic carbocycles. The molecule has 1 atom stereocenters. The summed E-state index contributed by atoms with van der Waals surface area (Å²) in [5.74, 6) is -1.60. The van der Waals surface area contributed by atoms with Crippen molar-refractivity contribution in [2.75, 3.05) is 0 Å². The number of rotatable bonds is 8. The van der Waals surface area contributed by atoms with Crippen LogP contribution in [0.3, 0.4) is 0 Å². The van der Waals surface area contributed by atoms with Gasteiger partial charge in [-0.3, -0.25) is 0 Å². The Morgan fingerprint density at radius 2 is 1.34 bits per heavy atom. The van der Waals surface area contributed by atoms with Gasteiger partial charge >= 0.3 is 0 Å². The van der Waals surface area contributed by atoms with Gasteiger partial charge in [-0.1, -0.05) is 75.6 Å². The Morgan fingerprint density at radius 1 is 0.690 bits per heavy atom. The van der Waals surface area contributed by atoms with Crippen LogP contribution in [-0.4, -0.2) is 0 Å². The van der Waals surface area contributed by atoms with Gasteiger partial charge in [-0.15, -0.1) is 0 Å². The van der Waals surface area contributed by atoms with Crippen molar-refractivity contribution >= 4 is 0 Å². The van der Waals surface area contributed by atoms with E-state index >= 15 is 0 Å². The fourth-order valence-electron chi connectivity index (χ4n) is 3.75. The maximum absolute atomic E-state index is 14.6. The van der Waals surface area contributed by atoms with Gasteiger partial charge in [0.05, 0.1) is 0 Å². The summed E-state index contributed by atoms with van der Waals surface area (Å²) >= 11 is 0. The van der Waals surface area contributed by atoms with E-state index in [0.717, 1.165) is 35.6 Å². The summed E-state index contributed by atoms with van der Waals surface area (Å²) in [6.07, 6.45) is 5.99. The van der Waals surface area contributed by atoms with Crippen molar-refractivity contribution in [1.82, 2.24) is 0 Å². The molecule has 1 unspecified atom stereocenters. The number of hydrogen-bond acceptors (Lipinski definition) is 0. The highest BCUT2D eigenvalue weighted by Gasteiger charge is 2.10. The summed E-state index contributed by atoms with van der Waals surface area (Å²) in [5.41, 5.74) is 3.56. The highest BCUT2D eigenvalue weighted by atomic mass is 19.2. The molecule has 0 radical (unpaired) electrons. The predicted octanol–water partition coefficient (Wildman–Crippen LogP) is 8.20. The maximum atomic E-state index is 14.6. The van der Waals surface area contributed by atoms with E-state index in [2.05, 4.69) is 26.0 Å². The molecule has 0 spiro atoms. The second-order valence-electron chi connectivity index (χ2n) is 7.81. The molecule has 152 valence electrons. The fraction of sp³-hybridized carbons (Fsp3) is 0.308. The standard InChI is InChI=1S/C26H27F3/c1-3-5-18(2)6-4-7-19-8-10-20(11-9-19)21-12-14-23(25(28)16-21)22-13-15-24(27)26(29)17-22/h8-18H,3-7H2,1-2H3. The molecule has 0 N–H and O–H groups in total. The molecular weight excluding hydrogens is 369 g/mol. The number of hydrogen-bond donors (Lipinski definition) is 0. The van der Waals surface area contributed by atoms with E-state index in [1.54, 1.807) is 12.1 Å². The lowest BCUT2D eigenvalue weighted by Gasteiger charge is -2.10. The molecule has 3 heteroatoms. The van der Waals surface area contributed by atoms with Crippen LogP contribution in [0.1, 0.15) is 45.1 Å². The quantitative estimate of drug-likeness (QED) is 0.360. The Labute approximate surface area is 171 Å². The average molecular weight is 396 g/mol. The Kier molecular flexibility index (Phi) is 7.13. The molecule has 0 amide bonds. The largest absolute Gasteiger partial charge is 0.206 e. The van der Waals surface area contributed by atoms with Crippen molar-refractivity contribution in [1.29, 1.82) is 0 Å². The molecule has 3 rings (SSSR count). The second-order valence-corrected chi connectivity index (χ2v) is 7.81. The Morgan fingerprint density at radius 3 is 2.00 bits per heavy atom. The van der Waals surface area contributed by atoms with Gasteiger partial charge in [0.25, 0.3) is 0 Å². The number of aryl methyl sites for hydroxylation is 1. The molecule has 0 aliphatic carbocycles. The first-order valence-electron chi connectivity index (χ1n) is 10.3. The lowest BCUT2D eigenvalue weighted by molar-refractivity contribution is 0.469. The molecule has 0 nitrogen and oxygen atoms in total. The minimum Gasteiger partial charge on any atom is -0.206 e. The van der Waals surface area contributed by atoms with Crippen LogP contribution in [0.4, 0.5) is 13.2 Å². The average Bonchev–Trinajstić information content (AvgIpc) is 2.71. The zero-order chi connectivity index (χ0) is 20.8. The first kappa shape index (κ1) is 21.2. The van der Waals surface area contributed by atoms with Gasteiger partial charge in [0, 0.05) is 5.56 Å². The van der Waals surface area contributed by atoms with E-state index in [1.165, 1.54) is 43.4 Å². The van der Waals surface area contributed by atoms with Crippen molar-refractivity contribution in [2.45, 2.75) is 46.0 Å². The second kappa shape index (κ2) is 9.78. The van der Waals surface area contributed by atoms with Gasteiger partial charge in [-0.2, -0.15) is 0 Å². The molecule has 3 aromatic rings. The van der Waals surface area contributed by atoms with Crippen molar-refractivity contribution in [3.05, 3.63) is 83.7 Å². The minimum atomic E-state index is -0.981. The fourth-order valence-corrected chi connectivity index (χ4v) is 3.75. The molecule has 0 heterocycles. The van der Waals surface area contributed by atoms with Gasteiger partial charge in [0.2, 0.25) is 0 Å². The molecule has 29 heavy (non-hydrogen) atoms. The monoisotopic (exact) mass is 396 g/mol. The molecule has 0 fully saturated rings. The van der Waals surface area contributed by atoms with Gasteiger partial charge in [-0.25, -0.2) is 13.2 Å². The first-order valence-corrected chi connectivity index (χ1v) is 10.3. The van der Waals surface area contributed by atoms with Crippen LogP contribution in [0.5, 0.6) is 0 Å². The summed E-state index contributed by atoms with van der Waals surface area (Å²) in [5, 5.41) is 0. The smallest absolute Gasteiger partial charge is 0.159 e. The summed E-state index contributed by atoms with van der Waals surface area (Å²) in [7, 11) is 0. The number of benzene rings is 3. The van der Waals surface area contributed by atoms with Crippen LogP contribution in [0.2, 0.25) is 0 Å². The maximum Gasteiger partial charge on any atom is 0.159 e. The van der Waals surface area contributed by atoms with E-state index in [4.69, 9.17) is 0 Å². The van der Waals surface area contributed by atoms with E-state index in [-0.39, 0.29) is 5.56 Å². The normalized spacial score (nSPS) is 12.2. The van der Waals surface area contributed by atoms with E-state index < -0.39 is 17.5 Å². The summed E-state index contributed by atoms with van der Waals surface area (Å²) in [6, 6.07) is 16.5. The zero-order valence-electron chi connectivity index (χ0n) is 17.0. The van der Waals surface area contributed by atoms with Gasteiger partial charge in [0.15, 0.2) is 11.6 Å². The summed E-state index contributed by atoms with van der Waals surface area (Å²) in [4.78, 5) is 0. The van der Waals surface area contributed by atoms with Crippen molar-refractivity contribution in [2.24, 2.45) is 5.92 Å². The lowest BCUT2D eigenvalue weighted by atomic mass is 9.96. The third kappa shape index (κ3) is 5.50. The molecular formula is C26H27F3. The van der Waals surface area contributed by atoms with Crippen molar-refractivity contribution < 1.29 is 13.2 Å². The molecule has 0 aliphatic rings. The lowest BCUT2D eigenvalue weighted by Crippen LogP contribution is -1.95. The van der Waals surface area contributed by atoms with Crippen LogP contribution >= 0.6 is 0 Å². The predicted molar refractivity (Wildman–Crippen MR) is 114 cm³/mol. The SMILES string of the molecule is CCCC(C)CCCc1ccc(-c2ccc(-c3ccc(F)c(F)c3)c(F)c2)cc1. The van der Waals surface area contributed by atoms with Crippen LogP contribution in [0.15, 0.2) is 60.7 Å². The topological polar surface area (TPSA) is 0 Å².